The van der Waals surface area contributed by atoms with Crippen LogP contribution in [0.2, 0.25) is 0 Å². The summed E-state index contributed by atoms with van der Waals surface area (Å²) < 4.78 is 5.57. The second-order valence-corrected chi connectivity index (χ2v) is 5.04. The molecule has 2 atom stereocenters. The van der Waals surface area contributed by atoms with E-state index in [4.69, 9.17) is 9.84 Å². The molecule has 2 unspecified atom stereocenters. The van der Waals surface area contributed by atoms with Crippen molar-refractivity contribution < 1.29 is 9.84 Å². The van der Waals surface area contributed by atoms with Gasteiger partial charge in [0.1, 0.15) is 0 Å². The molecular weight excluding hydrogens is 236 g/mol. The zero-order valence-corrected chi connectivity index (χ0v) is 12.1. The van der Waals surface area contributed by atoms with Crippen LogP contribution >= 0.6 is 0 Å². The molecule has 0 heterocycles. The summed E-state index contributed by atoms with van der Waals surface area (Å²) in [6.45, 7) is 9.11. The summed E-state index contributed by atoms with van der Waals surface area (Å²) in [7, 11) is 0. The Hall–Kier alpha value is -1.28. The summed E-state index contributed by atoms with van der Waals surface area (Å²) in [5.74, 6) is 1.72. The largest absolute Gasteiger partial charge is 0.498 e. The first-order valence-electron chi connectivity index (χ1n) is 7.16. The minimum Gasteiger partial charge on any atom is -0.498 e. The fraction of sp³-hybridized carbons (Fsp3) is 0.529. The van der Waals surface area contributed by atoms with Gasteiger partial charge in [-0.3, -0.25) is 0 Å². The Morgan fingerprint density at radius 2 is 2.00 bits per heavy atom. The maximum Gasteiger partial charge on any atom is 0.0916 e. The molecule has 0 aromatic heterocycles. The maximum atomic E-state index is 8.74. The fourth-order valence-corrected chi connectivity index (χ4v) is 2.23. The Morgan fingerprint density at radius 3 is 2.58 bits per heavy atom. The van der Waals surface area contributed by atoms with Crippen molar-refractivity contribution in [2.45, 2.75) is 39.0 Å². The summed E-state index contributed by atoms with van der Waals surface area (Å²) in [5.41, 5.74) is 1.39. The quantitative estimate of drug-likeness (QED) is 0.536. The summed E-state index contributed by atoms with van der Waals surface area (Å²) in [5, 5.41) is 8.74. The Balaban J connectivity index is 2.49. The highest BCUT2D eigenvalue weighted by atomic mass is 16.5. The maximum absolute atomic E-state index is 8.74. The molecule has 106 valence electrons. The summed E-state index contributed by atoms with van der Waals surface area (Å²) >= 11 is 0. The average Bonchev–Trinajstić information content (AvgIpc) is 2.45. The number of rotatable bonds is 9. The lowest BCUT2D eigenvalue weighted by molar-refractivity contribution is 0.152. The van der Waals surface area contributed by atoms with Crippen molar-refractivity contribution >= 4 is 0 Å². The molecule has 0 fully saturated rings. The van der Waals surface area contributed by atoms with Gasteiger partial charge in [-0.15, -0.1) is 0 Å². The SMILES string of the molecule is C=C(OCCCO)C(C)CC(CC)c1ccccc1. The normalized spacial score (nSPS) is 13.8. The van der Waals surface area contributed by atoms with Crippen molar-refractivity contribution in [2.24, 2.45) is 5.92 Å². The Kier molecular flexibility index (Phi) is 7.27. The Morgan fingerprint density at radius 1 is 1.32 bits per heavy atom. The average molecular weight is 262 g/mol. The number of aliphatic hydroxyl groups excluding tert-OH is 1. The van der Waals surface area contributed by atoms with E-state index < -0.39 is 0 Å². The third-order valence-corrected chi connectivity index (χ3v) is 3.54. The van der Waals surface area contributed by atoms with Crippen LogP contribution in [0.1, 0.15) is 44.6 Å². The zero-order chi connectivity index (χ0) is 14.1. The van der Waals surface area contributed by atoms with Crippen molar-refractivity contribution in [2.75, 3.05) is 13.2 Å². The number of hydrogen-bond acceptors (Lipinski definition) is 2. The van der Waals surface area contributed by atoms with E-state index in [1.165, 1.54) is 5.56 Å². The molecule has 2 nitrogen and oxygen atoms in total. The third-order valence-electron chi connectivity index (χ3n) is 3.54. The minimum absolute atomic E-state index is 0.170. The van der Waals surface area contributed by atoms with Gasteiger partial charge >= 0.3 is 0 Å². The van der Waals surface area contributed by atoms with Crippen LogP contribution in [-0.4, -0.2) is 18.3 Å². The summed E-state index contributed by atoms with van der Waals surface area (Å²) in [4.78, 5) is 0. The number of hydrogen-bond donors (Lipinski definition) is 1. The van der Waals surface area contributed by atoms with Gasteiger partial charge in [-0.1, -0.05) is 50.8 Å². The van der Waals surface area contributed by atoms with E-state index in [0.29, 0.717) is 24.9 Å². The lowest BCUT2D eigenvalue weighted by Crippen LogP contribution is -2.09. The highest BCUT2D eigenvalue weighted by Gasteiger charge is 2.16. The first-order chi connectivity index (χ1) is 9.19. The van der Waals surface area contributed by atoms with E-state index in [2.05, 4.69) is 50.8 Å². The fourth-order valence-electron chi connectivity index (χ4n) is 2.23. The van der Waals surface area contributed by atoms with Gasteiger partial charge in [-0.25, -0.2) is 0 Å². The minimum atomic E-state index is 0.170. The van der Waals surface area contributed by atoms with Crippen LogP contribution in [0.25, 0.3) is 0 Å². The molecule has 0 aliphatic rings. The highest BCUT2D eigenvalue weighted by molar-refractivity contribution is 5.19. The van der Waals surface area contributed by atoms with E-state index in [9.17, 15) is 0 Å². The number of aliphatic hydroxyl groups is 1. The molecule has 0 saturated heterocycles. The lowest BCUT2D eigenvalue weighted by Gasteiger charge is -2.22. The number of benzene rings is 1. The van der Waals surface area contributed by atoms with Crippen molar-refractivity contribution in [1.29, 1.82) is 0 Å². The molecule has 1 N–H and O–H groups in total. The second kappa shape index (κ2) is 8.76. The second-order valence-electron chi connectivity index (χ2n) is 5.04. The van der Waals surface area contributed by atoms with Gasteiger partial charge in [0.25, 0.3) is 0 Å². The van der Waals surface area contributed by atoms with Gasteiger partial charge in [-0.05, 0) is 24.3 Å². The van der Waals surface area contributed by atoms with Crippen molar-refractivity contribution in [1.82, 2.24) is 0 Å². The molecule has 0 amide bonds. The van der Waals surface area contributed by atoms with Crippen LogP contribution in [0.15, 0.2) is 42.7 Å². The van der Waals surface area contributed by atoms with Crippen LogP contribution in [0, 0.1) is 5.92 Å². The van der Waals surface area contributed by atoms with E-state index in [-0.39, 0.29) is 6.61 Å². The molecule has 2 heteroatoms. The molecule has 0 aliphatic heterocycles. The van der Waals surface area contributed by atoms with Crippen LogP contribution in [0.5, 0.6) is 0 Å². The molecule has 0 aliphatic carbocycles. The third kappa shape index (κ3) is 5.48. The van der Waals surface area contributed by atoms with Gasteiger partial charge in [0.2, 0.25) is 0 Å². The predicted molar refractivity (Wildman–Crippen MR) is 80.0 cm³/mol. The summed E-state index contributed by atoms with van der Waals surface area (Å²) in [6.07, 6.45) is 2.85. The van der Waals surface area contributed by atoms with Crippen molar-refractivity contribution in [3.63, 3.8) is 0 Å². The standard InChI is InChI=1S/C17H26O2/c1-4-16(17-9-6-5-7-10-17)13-14(2)15(3)19-12-8-11-18/h5-7,9-10,14,16,18H,3-4,8,11-13H2,1-2H3. The van der Waals surface area contributed by atoms with Crippen LogP contribution in [0.3, 0.4) is 0 Å². The predicted octanol–water partition coefficient (Wildman–Crippen LogP) is 4.12. The van der Waals surface area contributed by atoms with Gasteiger partial charge in [0.15, 0.2) is 0 Å². The number of ether oxygens (including phenoxy) is 1. The van der Waals surface area contributed by atoms with Crippen LogP contribution in [0.4, 0.5) is 0 Å². The first-order valence-corrected chi connectivity index (χ1v) is 7.16. The first kappa shape index (κ1) is 15.8. The molecular formula is C17H26O2. The monoisotopic (exact) mass is 262 g/mol. The van der Waals surface area contributed by atoms with E-state index in [1.54, 1.807) is 0 Å². The van der Waals surface area contributed by atoms with Crippen LogP contribution < -0.4 is 0 Å². The van der Waals surface area contributed by atoms with E-state index >= 15 is 0 Å². The van der Waals surface area contributed by atoms with E-state index in [1.807, 2.05) is 0 Å². The molecule has 0 radical (unpaired) electrons. The summed E-state index contributed by atoms with van der Waals surface area (Å²) in [6, 6.07) is 10.6. The number of allylic oxidation sites excluding steroid dienone is 1. The molecule has 19 heavy (non-hydrogen) atoms. The van der Waals surface area contributed by atoms with Gasteiger partial charge in [-0.2, -0.15) is 0 Å². The van der Waals surface area contributed by atoms with Gasteiger partial charge in [0, 0.05) is 18.9 Å². The molecule has 1 aromatic rings. The smallest absolute Gasteiger partial charge is 0.0916 e. The van der Waals surface area contributed by atoms with Crippen molar-refractivity contribution in [3.05, 3.63) is 48.2 Å². The molecule has 0 spiro atoms. The van der Waals surface area contributed by atoms with E-state index in [0.717, 1.165) is 18.6 Å². The molecule has 1 rings (SSSR count). The van der Waals surface area contributed by atoms with Gasteiger partial charge < -0.3 is 9.84 Å². The van der Waals surface area contributed by atoms with Crippen molar-refractivity contribution in [3.8, 4) is 0 Å². The molecule has 0 bridgehead atoms. The zero-order valence-electron chi connectivity index (χ0n) is 12.1. The highest BCUT2D eigenvalue weighted by Crippen LogP contribution is 2.29. The van der Waals surface area contributed by atoms with Crippen LogP contribution in [-0.2, 0) is 4.74 Å². The Labute approximate surface area is 117 Å². The Bertz CT molecular complexity index is 359. The molecule has 0 saturated carbocycles. The molecule has 1 aromatic carbocycles. The van der Waals surface area contributed by atoms with Gasteiger partial charge in [0.05, 0.1) is 12.4 Å². The lowest BCUT2D eigenvalue weighted by atomic mass is 9.87. The topological polar surface area (TPSA) is 29.5 Å².